The molecule has 6 heteroatoms. The number of fused-ring (bicyclic) bond motifs is 3. The highest BCUT2D eigenvalue weighted by molar-refractivity contribution is 5.97. The number of carbonyl (C=O) groups is 3. The van der Waals surface area contributed by atoms with Crippen LogP contribution in [0.5, 0.6) is 0 Å². The normalized spacial score (nSPS) is 45.1. The minimum Gasteiger partial charge on any atom is -0.459 e. The standard InChI is InChI=1S/C25H34O6/c1-9-12(2)21(27)29-17-11-16(30-22(28)25(8)14(4)31-25)23(5,6)20-18-13(3)10-15(26)19(20)24(17,18)7/h9-10,14,16-20H,11H2,1-8H3/b12-9-/t14-,16+,17+,18-,19+,20-,24+,25-/m0/s1. The highest BCUT2D eigenvalue weighted by Gasteiger charge is 2.74. The maximum absolute atomic E-state index is 13.1. The van der Waals surface area contributed by atoms with Gasteiger partial charge in [0.15, 0.2) is 11.4 Å². The Hall–Kier alpha value is -1.95. The predicted molar refractivity (Wildman–Crippen MR) is 114 cm³/mol. The van der Waals surface area contributed by atoms with E-state index in [2.05, 4.69) is 20.8 Å². The Morgan fingerprint density at radius 3 is 2.26 bits per heavy atom. The van der Waals surface area contributed by atoms with Crippen LogP contribution in [0.25, 0.3) is 0 Å². The van der Waals surface area contributed by atoms with Crippen LogP contribution < -0.4 is 0 Å². The topological polar surface area (TPSA) is 82.2 Å². The fraction of sp³-hybridized carbons (Fsp3) is 0.720. The molecule has 6 nitrogen and oxygen atoms in total. The van der Waals surface area contributed by atoms with Gasteiger partial charge in [0.2, 0.25) is 0 Å². The number of hydrogen-bond donors (Lipinski definition) is 0. The van der Waals surface area contributed by atoms with Crippen molar-refractivity contribution < 1.29 is 28.6 Å². The predicted octanol–water partition coefficient (Wildman–Crippen LogP) is 3.78. The first-order valence-electron chi connectivity index (χ1n) is 11.2. The number of carbonyl (C=O) groups excluding carboxylic acids is 3. The van der Waals surface area contributed by atoms with E-state index in [0.717, 1.165) is 5.57 Å². The molecule has 0 radical (unpaired) electrons. The van der Waals surface area contributed by atoms with Gasteiger partial charge in [0.1, 0.15) is 12.2 Å². The Labute approximate surface area is 184 Å². The average Bonchev–Trinajstić information content (AvgIpc) is 3.32. The van der Waals surface area contributed by atoms with Crippen LogP contribution >= 0.6 is 0 Å². The molecule has 31 heavy (non-hydrogen) atoms. The van der Waals surface area contributed by atoms with Gasteiger partial charge in [0.25, 0.3) is 0 Å². The quantitative estimate of drug-likeness (QED) is 0.383. The number of rotatable bonds is 4. The van der Waals surface area contributed by atoms with Gasteiger partial charge in [-0.05, 0) is 52.5 Å². The van der Waals surface area contributed by atoms with Crippen LogP contribution in [0.15, 0.2) is 23.3 Å². The van der Waals surface area contributed by atoms with E-state index in [1.165, 1.54) is 0 Å². The van der Waals surface area contributed by atoms with E-state index in [4.69, 9.17) is 14.2 Å². The molecule has 1 heterocycles. The van der Waals surface area contributed by atoms with Crippen molar-refractivity contribution in [2.24, 2.45) is 28.6 Å². The van der Waals surface area contributed by atoms with Crippen LogP contribution in [0.4, 0.5) is 0 Å². The molecule has 170 valence electrons. The number of ether oxygens (including phenoxy) is 3. The van der Waals surface area contributed by atoms with Crippen molar-refractivity contribution in [2.75, 3.05) is 0 Å². The molecule has 4 bridgehead atoms. The largest absolute Gasteiger partial charge is 0.459 e. The Balaban J connectivity index is 1.73. The molecule has 5 rings (SSSR count). The molecule has 5 aliphatic rings. The minimum atomic E-state index is -0.926. The lowest BCUT2D eigenvalue weighted by molar-refractivity contribution is -0.202. The van der Waals surface area contributed by atoms with Crippen molar-refractivity contribution in [3.63, 3.8) is 0 Å². The van der Waals surface area contributed by atoms with Crippen LogP contribution in [-0.4, -0.2) is 41.6 Å². The first kappa shape index (κ1) is 22.3. The Morgan fingerprint density at radius 2 is 1.74 bits per heavy atom. The third-order valence-corrected chi connectivity index (χ3v) is 8.84. The fourth-order valence-corrected chi connectivity index (χ4v) is 6.44. The zero-order valence-corrected chi connectivity index (χ0v) is 19.8. The molecule has 1 aliphatic heterocycles. The Kier molecular flexibility index (Phi) is 4.86. The van der Waals surface area contributed by atoms with Crippen LogP contribution in [-0.2, 0) is 28.6 Å². The summed E-state index contributed by atoms with van der Waals surface area (Å²) in [7, 11) is 0. The van der Waals surface area contributed by atoms with Crippen LogP contribution in [0.1, 0.15) is 61.8 Å². The van der Waals surface area contributed by atoms with Gasteiger partial charge in [-0.2, -0.15) is 0 Å². The van der Waals surface area contributed by atoms with E-state index in [0.29, 0.717) is 12.0 Å². The molecule has 0 aromatic rings. The molecule has 3 saturated carbocycles. The van der Waals surface area contributed by atoms with Gasteiger partial charge in [-0.15, -0.1) is 0 Å². The second kappa shape index (κ2) is 6.77. The minimum absolute atomic E-state index is 0.0321. The average molecular weight is 431 g/mol. The maximum atomic E-state index is 13.1. The molecule has 0 aromatic carbocycles. The zero-order chi connectivity index (χ0) is 23.1. The number of epoxide rings is 1. The van der Waals surface area contributed by atoms with Gasteiger partial charge < -0.3 is 14.2 Å². The summed E-state index contributed by atoms with van der Waals surface area (Å²) in [6.07, 6.45) is 2.63. The molecule has 0 N–H and O–H groups in total. The Morgan fingerprint density at radius 1 is 1.13 bits per heavy atom. The van der Waals surface area contributed by atoms with Crippen LogP contribution in [0, 0.1) is 28.6 Å². The van der Waals surface area contributed by atoms with Crippen molar-refractivity contribution in [1.82, 2.24) is 0 Å². The summed E-state index contributed by atoms with van der Waals surface area (Å²) >= 11 is 0. The van der Waals surface area contributed by atoms with E-state index in [-0.39, 0.29) is 41.6 Å². The van der Waals surface area contributed by atoms with E-state index in [9.17, 15) is 14.4 Å². The van der Waals surface area contributed by atoms with Gasteiger partial charge in [-0.1, -0.05) is 32.4 Å². The SMILES string of the molecule is C/C=C(/C)C(=O)O[C@@H]1C[C@@H](OC(=O)[C@@]2(C)O[C@H]2C)C(C)(C)[C@@H]2[C@H]3C(=O)C=C(C)[C@@H]2[C@]31C. The van der Waals surface area contributed by atoms with Gasteiger partial charge in [0.05, 0.1) is 6.10 Å². The summed E-state index contributed by atoms with van der Waals surface area (Å²) in [4.78, 5) is 38.8. The zero-order valence-electron chi connectivity index (χ0n) is 19.8. The molecule has 0 aromatic heterocycles. The number of hydrogen-bond acceptors (Lipinski definition) is 6. The van der Waals surface area contributed by atoms with Gasteiger partial charge in [-0.3, -0.25) is 4.79 Å². The molecule has 0 amide bonds. The third-order valence-electron chi connectivity index (χ3n) is 8.84. The van der Waals surface area contributed by atoms with Crippen molar-refractivity contribution in [1.29, 1.82) is 0 Å². The van der Waals surface area contributed by atoms with Crippen molar-refractivity contribution >= 4 is 17.7 Å². The highest BCUT2D eigenvalue weighted by Crippen LogP contribution is 2.72. The smallest absolute Gasteiger partial charge is 0.341 e. The number of esters is 2. The molecule has 4 fully saturated rings. The molecule has 0 unspecified atom stereocenters. The van der Waals surface area contributed by atoms with Gasteiger partial charge in [0, 0.05) is 28.7 Å². The summed E-state index contributed by atoms with van der Waals surface area (Å²) in [6, 6.07) is 0. The second-order valence-electron chi connectivity index (χ2n) is 10.8. The Bertz CT molecular complexity index is 913. The molecule has 8 atom stereocenters. The summed E-state index contributed by atoms with van der Waals surface area (Å²) in [5.41, 5.74) is -0.343. The molecular weight excluding hydrogens is 396 g/mol. The lowest BCUT2D eigenvalue weighted by Gasteiger charge is -2.65. The van der Waals surface area contributed by atoms with E-state index in [1.807, 2.05) is 13.8 Å². The van der Waals surface area contributed by atoms with Crippen LogP contribution in [0.2, 0.25) is 0 Å². The molecular formula is C25H34O6. The summed E-state index contributed by atoms with van der Waals surface area (Å²) in [5, 5.41) is 0. The lowest BCUT2D eigenvalue weighted by atomic mass is 9.37. The maximum Gasteiger partial charge on any atom is 0.341 e. The van der Waals surface area contributed by atoms with Gasteiger partial charge in [-0.25, -0.2) is 9.59 Å². The summed E-state index contributed by atoms with van der Waals surface area (Å²) < 4.78 is 17.6. The van der Waals surface area contributed by atoms with E-state index < -0.39 is 28.6 Å². The first-order chi connectivity index (χ1) is 14.3. The van der Waals surface area contributed by atoms with Gasteiger partial charge >= 0.3 is 11.9 Å². The molecule has 4 aliphatic carbocycles. The summed E-state index contributed by atoms with van der Waals surface area (Å²) in [5.74, 6) is -0.812. The monoisotopic (exact) mass is 430 g/mol. The van der Waals surface area contributed by atoms with E-state index >= 15 is 0 Å². The highest BCUT2D eigenvalue weighted by atomic mass is 16.7. The second-order valence-corrected chi connectivity index (χ2v) is 10.8. The van der Waals surface area contributed by atoms with Crippen molar-refractivity contribution in [2.45, 2.75) is 85.7 Å². The summed E-state index contributed by atoms with van der Waals surface area (Å²) in [6.45, 7) is 15.3. The van der Waals surface area contributed by atoms with Crippen molar-refractivity contribution in [3.8, 4) is 0 Å². The third kappa shape index (κ3) is 2.90. The number of ketones is 1. The molecule has 1 saturated heterocycles. The first-order valence-corrected chi connectivity index (χ1v) is 11.2. The van der Waals surface area contributed by atoms with E-state index in [1.54, 1.807) is 32.9 Å². The molecule has 0 spiro atoms. The fourth-order valence-electron chi connectivity index (χ4n) is 6.44. The number of allylic oxidation sites excluding steroid dienone is 3. The lowest BCUT2D eigenvalue weighted by Crippen LogP contribution is -2.67. The van der Waals surface area contributed by atoms with Crippen LogP contribution in [0.3, 0.4) is 0 Å². The van der Waals surface area contributed by atoms with Crippen molar-refractivity contribution in [3.05, 3.63) is 23.3 Å².